The summed E-state index contributed by atoms with van der Waals surface area (Å²) < 4.78 is 1.71. The minimum absolute atomic E-state index is 0.128. The largest absolute Gasteiger partial charge is 0.310 e. The van der Waals surface area contributed by atoms with Crippen LogP contribution in [0.25, 0.3) is 0 Å². The maximum Gasteiger partial charge on any atom is 0.0845 e. The Hall–Kier alpha value is -1.10. The van der Waals surface area contributed by atoms with E-state index < -0.39 is 0 Å². The molecule has 0 aliphatic rings. The van der Waals surface area contributed by atoms with E-state index in [2.05, 4.69) is 22.6 Å². The zero-order valence-electron chi connectivity index (χ0n) is 11.6. The minimum atomic E-state index is 0.128. The highest BCUT2D eigenvalue weighted by atomic mass is 35.5. The van der Waals surface area contributed by atoms with Crippen molar-refractivity contribution in [2.75, 3.05) is 6.54 Å². The van der Waals surface area contributed by atoms with Crippen molar-refractivity contribution in [3.63, 3.8) is 0 Å². The van der Waals surface area contributed by atoms with Gasteiger partial charge >= 0.3 is 0 Å². The van der Waals surface area contributed by atoms with Crippen molar-refractivity contribution >= 4 is 23.2 Å². The van der Waals surface area contributed by atoms with Gasteiger partial charge in [-0.1, -0.05) is 35.3 Å². The standard InChI is InChI=1S/C14H18Cl2N4/c1-3-4-17-14(8-13-9-20(2)19-18-13)10-5-11(15)7-12(16)6-10/h5-7,9,14,17H,3-4,8H2,1-2H3. The SMILES string of the molecule is CCCNC(Cc1cn(C)nn1)c1cc(Cl)cc(Cl)c1. The van der Waals surface area contributed by atoms with Crippen LogP contribution in [0, 0.1) is 0 Å². The lowest BCUT2D eigenvalue weighted by Gasteiger charge is -2.18. The average molecular weight is 313 g/mol. The summed E-state index contributed by atoms with van der Waals surface area (Å²) in [6, 6.07) is 5.75. The van der Waals surface area contributed by atoms with Crippen molar-refractivity contribution in [2.45, 2.75) is 25.8 Å². The number of aryl methyl sites for hydroxylation is 1. The first-order valence-corrected chi connectivity index (χ1v) is 7.38. The van der Waals surface area contributed by atoms with E-state index in [4.69, 9.17) is 23.2 Å². The van der Waals surface area contributed by atoms with Gasteiger partial charge in [-0.05, 0) is 36.7 Å². The van der Waals surface area contributed by atoms with Crippen LogP contribution in [-0.2, 0) is 13.5 Å². The predicted octanol–water partition coefficient (Wildman–Crippen LogP) is 3.41. The Morgan fingerprint density at radius 2 is 1.95 bits per heavy atom. The molecule has 1 heterocycles. The van der Waals surface area contributed by atoms with Crippen LogP contribution in [0.2, 0.25) is 10.0 Å². The van der Waals surface area contributed by atoms with Crippen LogP contribution >= 0.6 is 23.2 Å². The second kappa shape index (κ2) is 7.07. The fraction of sp³-hybridized carbons (Fsp3) is 0.429. The summed E-state index contributed by atoms with van der Waals surface area (Å²) >= 11 is 12.2. The number of hydrogen-bond acceptors (Lipinski definition) is 3. The number of aromatic nitrogens is 3. The molecule has 1 N–H and O–H groups in total. The van der Waals surface area contributed by atoms with Gasteiger partial charge in [0.15, 0.2) is 0 Å². The first-order chi connectivity index (χ1) is 9.58. The molecule has 108 valence electrons. The zero-order valence-corrected chi connectivity index (χ0v) is 13.1. The summed E-state index contributed by atoms with van der Waals surface area (Å²) in [6.07, 6.45) is 3.74. The summed E-state index contributed by atoms with van der Waals surface area (Å²) in [5.74, 6) is 0. The van der Waals surface area contributed by atoms with Crippen molar-refractivity contribution in [3.05, 3.63) is 45.7 Å². The Bertz CT molecular complexity index is 548. The molecule has 0 spiro atoms. The summed E-state index contributed by atoms with van der Waals surface area (Å²) in [6.45, 7) is 3.06. The monoisotopic (exact) mass is 312 g/mol. The molecule has 1 unspecified atom stereocenters. The lowest BCUT2D eigenvalue weighted by atomic mass is 10.0. The van der Waals surface area contributed by atoms with Crippen LogP contribution in [0.1, 0.15) is 30.6 Å². The quantitative estimate of drug-likeness (QED) is 0.889. The van der Waals surface area contributed by atoms with Crippen molar-refractivity contribution < 1.29 is 0 Å². The first kappa shape index (κ1) is 15.3. The first-order valence-electron chi connectivity index (χ1n) is 6.63. The number of benzene rings is 1. The summed E-state index contributed by atoms with van der Waals surface area (Å²) in [4.78, 5) is 0. The van der Waals surface area contributed by atoms with E-state index in [-0.39, 0.29) is 6.04 Å². The molecule has 2 rings (SSSR count). The van der Waals surface area contributed by atoms with E-state index in [1.54, 1.807) is 10.7 Å². The third kappa shape index (κ3) is 4.20. The normalized spacial score (nSPS) is 12.6. The Kier molecular flexibility index (Phi) is 5.40. The molecule has 0 aliphatic carbocycles. The molecule has 6 heteroatoms. The van der Waals surface area contributed by atoms with Gasteiger partial charge in [0.2, 0.25) is 0 Å². The van der Waals surface area contributed by atoms with Gasteiger partial charge in [-0.15, -0.1) is 5.10 Å². The smallest absolute Gasteiger partial charge is 0.0845 e. The molecule has 20 heavy (non-hydrogen) atoms. The van der Waals surface area contributed by atoms with Crippen LogP contribution < -0.4 is 5.32 Å². The summed E-state index contributed by atoms with van der Waals surface area (Å²) in [5.41, 5.74) is 2.01. The Morgan fingerprint density at radius 3 is 2.50 bits per heavy atom. The third-order valence-electron chi connectivity index (χ3n) is 2.99. The zero-order chi connectivity index (χ0) is 14.5. The molecular formula is C14H18Cl2N4. The molecule has 0 saturated carbocycles. The van der Waals surface area contributed by atoms with Gasteiger partial charge in [0.05, 0.1) is 5.69 Å². The maximum absolute atomic E-state index is 6.09. The second-order valence-corrected chi connectivity index (χ2v) is 5.67. The molecule has 1 atom stereocenters. The lowest BCUT2D eigenvalue weighted by molar-refractivity contribution is 0.524. The molecule has 0 saturated heterocycles. The van der Waals surface area contributed by atoms with Gasteiger partial charge in [-0.25, -0.2) is 0 Å². The summed E-state index contributed by atoms with van der Waals surface area (Å²) in [5, 5.41) is 12.9. The molecular weight excluding hydrogens is 295 g/mol. The lowest BCUT2D eigenvalue weighted by Crippen LogP contribution is -2.24. The predicted molar refractivity (Wildman–Crippen MR) is 82.2 cm³/mol. The second-order valence-electron chi connectivity index (χ2n) is 4.80. The molecule has 0 aliphatic heterocycles. The van der Waals surface area contributed by atoms with Gasteiger partial charge in [-0.2, -0.15) is 0 Å². The highest BCUT2D eigenvalue weighted by molar-refractivity contribution is 6.34. The molecule has 0 bridgehead atoms. The van der Waals surface area contributed by atoms with E-state index in [0.29, 0.717) is 10.0 Å². The number of halogens is 2. The molecule has 4 nitrogen and oxygen atoms in total. The maximum atomic E-state index is 6.09. The van der Waals surface area contributed by atoms with E-state index >= 15 is 0 Å². The van der Waals surface area contributed by atoms with Crippen molar-refractivity contribution in [2.24, 2.45) is 7.05 Å². The fourth-order valence-corrected chi connectivity index (χ4v) is 2.64. The average Bonchev–Trinajstić information content (AvgIpc) is 2.79. The summed E-state index contributed by atoms with van der Waals surface area (Å²) in [7, 11) is 1.86. The molecule has 0 amide bonds. The molecule has 0 fully saturated rings. The molecule has 0 radical (unpaired) electrons. The van der Waals surface area contributed by atoms with Crippen molar-refractivity contribution in [3.8, 4) is 0 Å². The number of nitrogens with one attached hydrogen (secondary N) is 1. The van der Waals surface area contributed by atoms with Gasteiger partial charge in [0, 0.05) is 35.8 Å². The van der Waals surface area contributed by atoms with E-state index in [1.807, 2.05) is 25.4 Å². The number of nitrogens with zero attached hydrogens (tertiary/aromatic N) is 3. The van der Waals surface area contributed by atoms with Crippen molar-refractivity contribution in [1.82, 2.24) is 20.3 Å². The van der Waals surface area contributed by atoms with Gasteiger partial charge in [-0.3, -0.25) is 4.68 Å². The highest BCUT2D eigenvalue weighted by Gasteiger charge is 2.15. The highest BCUT2D eigenvalue weighted by Crippen LogP contribution is 2.25. The third-order valence-corrected chi connectivity index (χ3v) is 3.43. The Balaban J connectivity index is 2.21. The van der Waals surface area contributed by atoms with E-state index in [1.165, 1.54) is 0 Å². The molecule has 1 aromatic carbocycles. The van der Waals surface area contributed by atoms with Gasteiger partial charge < -0.3 is 5.32 Å². The van der Waals surface area contributed by atoms with Crippen LogP contribution in [0.3, 0.4) is 0 Å². The minimum Gasteiger partial charge on any atom is -0.310 e. The van der Waals surface area contributed by atoms with Crippen LogP contribution in [0.5, 0.6) is 0 Å². The Morgan fingerprint density at radius 1 is 1.25 bits per heavy atom. The van der Waals surface area contributed by atoms with Gasteiger partial charge in [0.1, 0.15) is 0 Å². The van der Waals surface area contributed by atoms with E-state index in [9.17, 15) is 0 Å². The fourth-order valence-electron chi connectivity index (χ4n) is 2.10. The molecule has 2 aromatic rings. The van der Waals surface area contributed by atoms with E-state index in [0.717, 1.165) is 30.6 Å². The Labute approximate surface area is 129 Å². The van der Waals surface area contributed by atoms with Gasteiger partial charge in [0.25, 0.3) is 0 Å². The van der Waals surface area contributed by atoms with Crippen LogP contribution in [0.15, 0.2) is 24.4 Å². The number of hydrogen-bond donors (Lipinski definition) is 1. The van der Waals surface area contributed by atoms with Crippen LogP contribution in [0.4, 0.5) is 0 Å². The van der Waals surface area contributed by atoms with Crippen molar-refractivity contribution in [1.29, 1.82) is 0 Å². The van der Waals surface area contributed by atoms with Crippen LogP contribution in [-0.4, -0.2) is 21.5 Å². The topological polar surface area (TPSA) is 42.7 Å². The molecule has 1 aromatic heterocycles. The number of rotatable bonds is 6.